The van der Waals surface area contributed by atoms with E-state index in [4.69, 9.17) is 11.5 Å². The highest BCUT2D eigenvalue weighted by Gasteiger charge is 2.03. The molecule has 0 aliphatic carbocycles. The van der Waals surface area contributed by atoms with E-state index in [1.165, 1.54) is 36.0 Å². The lowest BCUT2D eigenvalue weighted by atomic mass is 10.1. The van der Waals surface area contributed by atoms with Crippen molar-refractivity contribution in [2.45, 2.75) is 72.6 Å². The molecule has 0 aliphatic heterocycles. The van der Waals surface area contributed by atoms with E-state index in [9.17, 15) is 0 Å². The molecule has 0 fully saturated rings. The molecule has 0 spiro atoms. The molecule has 0 rings (SSSR count). The summed E-state index contributed by atoms with van der Waals surface area (Å²) in [6, 6.07) is 0. The zero-order valence-electron chi connectivity index (χ0n) is 19.2. The standard InChI is InChI=1S/C24H48N4/c1-22(2)10-5-11-23(3)12-6-13-24(4)14-18-27-17-9-21-28(19-7-15-25)20-8-16-26/h10,12,14,27H,5-9,11,13,15-21,25-26H2,1-4H3/b23-12+,24-14+. The highest BCUT2D eigenvalue weighted by molar-refractivity contribution is 5.05. The van der Waals surface area contributed by atoms with Crippen molar-refractivity contribution in [2.24, 2.45) is 11.5 Å². The van der Waals surface area contributed by atoms with Gasteiger partial charge in [0.1, 0.15) is 0 Å². The number of rotatable bonds is 18. The van der Waals surface area contributed by atoms with E-state index < -0.39 is 0 Å². The summed E-state index contributed by atoms with van der Waals surface area (Å²) in [5.41, 5.74) is 15.7. The molecule has 0 heterocycles. The summed E-state index contributed by atoms with van der Waals surface area (Å²) in [6.07, 6.45) is 15.1. The second-order valence-corrected chi connectivity index (χ2v) is 8.14. The quantitative estimate of drug-likeness (QED) is 0.239. The van der Waals surface area contributed by atoms with Gasteiger partial charge in [-0.25, -0.2) is 0 Å². The molecule has 0 bridgehead atoms. The van der Waals surface area contributed by atoms with Crippen LogP contribution in [0.5, 0.6) is 0 Å². The van der Waals surface area contributed by atoms with E-state index >= 15 is 0 Å². The molecule has 0 amide bonds. The van der Waals surface area contributed by atoms with Gasteiger partial charge in [-0.05, 0) is 112 Å². The van der Waals surface area contributed by atoms with Gasteiger partial charge in [-0.1, -0.05) is 34.9 Å². The second kappa shape index (κ2) is 19.4. The molecule has 28 heavy (non-hydrogen) atoms. The summed E-state index contributed by atoms with van der Waals surface area (Å²) in [4.78, 5) is 2.49. The zero-order valence-corrected chi connectivity index (χ0v) is 19.2. The Balaban J connectivity index is 3.85. The molecule has 164 valence electrons. The Kier molecular flexibility index (Phi) is 18.7. The number of nitrogens with two attached hydrogens (primary N) is 2. The first-order valence-electron chi connectivity index (χ1n) is 11.3. The van der Waals surface area contributed by atoms with Gasteiger partial charge in [0.05, 0.1) is 0 Å². The van der Waals surface area contributed by atoms with Crippen LogP contribution in [0.1, 0.15) is 72.6 Å². The van der Waals surface area contributed by atoms with Crippen molar-refractivity contribution in [3.8, 4) is 0 Å². The number of hydrogen-bond donors (Lipinski definition) is 3. The molecule has 0 aliphatic rings. The van der Waals surface area contributed by atoms with Crippen molar-refractivity contribution in [2.75, 3.05) is 45.8 Å². The Morgan fingerprint density at radius 2 is 1.29 bits per heavy atom. The predicted octanol–water partition coefficient (Wildman–Crippen LogP) is 4.38. The van der Waals surface area contributed by atoms with Gasteiger partial charge in [0.2, 0.25) is 0 Å². The molecule has 0 aromatic carbocycles. The molecule has 0 saturated carbocycles. The van der Waals surface area contributed by atoms with Gasteiger partial charge in [-0.3, -0.25) is 0 Å². The first kappa shape index (κ1) is 27.1. The van der Waals surface area contributed by atoms with Gasteiger partial charge >= 0.3 is 0 Å². The summed E-state index contributed by atoms with van der Waals surface area (Å²) in [5.74, 6) is 0. The Labute approximate surface area is 175 Å². The predicted molar refractivity (Wildman–Crippen MR) is 127 cm³/mol. The van der Waals surface area contributed by atoms with Crippen LogP contribution in [0, 0.1) is 0 Å². The van der Waals surface area contributed by atoms with Crippen LogP contribution >= 0.6 is 0 Å². The fraction of sp³-hybridized carbons (Fsp3) is 0.750. The summed E-state index contributed by atoms with van der Waals surface area (Å²) in [7, 11) is 0. The minimum absolute atomic E-state index is 0.769. The monoisotopic (exact) mass is 392 g/mol. The lowest BCUT2D eigenvalue weighted by molar-refractivity contribution is 0.266. The van der Waals surface area contributed by atoms with Gasteiger partial charge in [0.25, 0.3) is 0 Å². The fourth-order valence-corrected chi connectivity index (χ4v) is 3.08. The normalized spacial score (nSPS) is 12.7. The molecular formula is C24H48N4. The average Bonchev–Trinajstić information content (AvgIpc) is 2.65. The van der Waals surface area contributed by atoms with E-state index in [-0.39, 0.29) is 0 Å². The summed E-state index contributed by atoms with van der Waals surface area (Å²) in [6.45, 7) is 15.7. The number of nitrogens with one attached hydrogen (secondary N) is 1. The third-order valence-corrected chi connectivity index (χ3v) is 4.90. The SMILES string of the molecule is CC(C)=CCC/C(C)=C/CC/C(C)=C/CNCCCN(CCCN)CCCN. The van der Waals surface area contributed by atoms with Crippen LogP contribution in [0.4, 0.5) is 0 Å². The number of nitrogens with zero attached hydrogens (tertiary/aromatic N) is 1. The van der Waals surface area contributed by atoms with Crippen molar-refractivity contribution >= 4 is 0 Å². The molecule has 0 unspecified atom stereocenters. The minimum Gasteiger partial charge on any atom is -0.330 e. The molecule has 0 aromatic rings. The Hall–Kier alpha value is -0.940. The third-order valence-electron chi connectivity index (χ3n) is 4.90. The molecule has 0 atom stereocenters. The molecule has 0 radical (unpaired) electrons. The first-order chi connectivity index (χ1) is 13.5. The lowest BCUT2D eigenvalue weighted by Crippen LogP contribution is -2.31. The summed E-state index contributed by atoms with van der Waals surface area (Å²) in [5, 5.41) is 3.55. The minimum atomic E-state index is 0.769. The van der Waals surface area contributed by atoms with Crippen molar-refractivity contribution in [3.05, 3.63) is 34.9 Å². The Bertz CT molecular complexity index is 440. The van der Waals surface area contributed by atoms with Crippen LogP contribution in [-0.4, -0.2) is 50.7 Å². The average molecular weight is 393 g/mol. The molecule has 4 nitrogen and oxygen atoms in total. The molecule has 5 N–H and O–H groups in total. The first-order valence-corrected chi connectivity index (χ1v) is 11.3. The maximum absolute atomic E-state index is 5.64. The second-order valence-electron chi connectivity index (χ2n) is 8.14. The van der Waals surface area contributed by atoms with Gasteiger partial charge in [0.15, 0.2) is 0 Å². The van der Waals surface area contributed by atoms with Crippen LogP contribution in [0.15, 0.2) is 34.9 Å². The van der Waals surface area contributed by atoms with E-state index in [1.54, 1.807) is 0 Å². The fourth-order valence-electron chi connectivity index (χ4n) is 3.08. The maximum atomic E-state index is 5.64. The summed E-state index contributed by atoms with van der Waals surface area (Å²) >= 11 is 0. The van der Waals surface area contributed by atoms with Crippen molar-refractivity contribution in [1.82, 2.24) is 10.2 Å². The highest BCUT2D eigenvalue weighted by Crippen LogP contribution is 2.11. The van der Waals surface area contributed by atoms with Crippen molar-refractivity contribution in [3.63, 3.8) is 0 Å². The maximum Gasteiger partial charge on any atom is 0.0137 e. The smallest absolute Gasteiger partial charge is 0.0137 e. The Morgan fingerprint density at radius 3 is 1.86 bits per heavy atom. The lowest BCUT2D eigenvalue weighted by Gasteiger charge is -2.21. The van der Waals surface area contributed by atoms with Crippen molar-refractivity contribution < 1.29 is 0 Å². The van der Waals surface area contributed by atoms with Crippen LogP contribution in [0.25, 0.3) is 0 Å². The van der Waals surface area contributed by atoms with Gasteiger partial charge in [0, 0.05) is 6.54 Å². The van der Waals surface area contributed by atoms with Crippen LogP contribution in [-0.2, 0) is 0 Å². The van der Waals surface area contributed by atoms with E-state index in [0.29, 0.717) is 0 Å². The van der Waals surface area contributed by atoms with E-state index in [1.807, 2.05) is 0 Å². The van der Waals surface area contributed by atoms with Crippen LogP contribution < -0.4 is 16.8 Å². The third kappa shape index (κ3) is 18.4. The Morgan fingerprint density at radius 1 is 0.750 bits per heavy atom. The summed E-state index contributed by atoms with van der Waals surface area (Å²) < 4.78 is 0. The van der Waals surface area contributed by atoms with Crippen LogP contribution in [0.3, 0.4) is 0 Å². The van der Waals surface area contributed by atoms with Gasteiger partial charge < -0.3 is 21.7 Å². The van der Waals surface area contributed by atoms with Gasteiger partial charge in [-0.15, -0.1) is 0 Å². The van der Waals surface area contributed by atoms with Crippen LogP contribution in [0.2, 0.25) is 0 Å². The number of allylic oxidation sites excluding steroid dienone is 5. The molecule has 0 saturated heterocycles. The highest BCUT2D eigenvalue weighted by atomic mass is 15.1. The number of hydrogen-bond acceptors (Lipinski definition) is 4. The largest absolute Gasteiger partial charge is 0.330 e. The molecular weight excluding hydrogens is 344 g/mol. The molecule has 4 heteroatoms. The van der Waals surface area contributed by atoms with Crippen molar-refractivity contribution in [1.29, 1.82) is 0 Å². The van der Waals surface area contributed by atoms with E-state index in [2.05, 4.69) is 56.1 Å². The molecule has 0 aromatic heterocycles. The van der Waals surface area contributed by atoms with Gasteiger partial charge in [-0.2, -0.15) is 0 Å². The van der Waals surface area contributed by atoms with E-state index in [0.717, 1.165) is 71.5 Å². The topological polar surface area (TPSA) is 67.3 Å². The zero-order chi connectivity index (χ0) is 21.0.